The zero-order valence-corrected chi connectivity index (χ0v) is 12.0. The first-order valence-electron chi connectivity index (χ1n) is 7.02. The van der Waals surface area contributed by atoms with E-state index in [1.807, 2.05) is 25.1 Å². The van der Waals surface area contributed by atoms with Crippen LogP contribution in [0.25, 0.3) is 0 Å². The fraction of sp³-hybridized carbons (Fsp3) is 0.600. The Labute approximate surface area is 115 Å². The van der Waals surface area contributed by atoms with Crippen LogP contribution in [0.15, 0.2) is 18.2 Å². The average molecular weight is 264 g/mol. The van der Waals surface area contributed by atoms with Crippen molar-refractivity contribution >= 4 is 0 Å². The Bertz CT molecular complexity index is 413. The fourth-order valence-corrected chi connectivity index (χ4v) is 2.78. The third-order valence-electron chi connectivity index (χ3n) is 3.41. The zero-order valence-electron chi connectivity index (χ0n) is 12.0. The van der Waals surface area contributed by atoms with Gasteiger partial charge in [-0.05, 0) is 26.8 Å². The van der Waals surface area contributed by atoms with E-state index in [-0.39, 0.29) is 5.75 Å². The topological polar surface area (TPSA) is 44.7 Å². The molecule has 4 nitrogen and oxygen atoms in total. The summed E-state index contributed by atoms with van der Waals surface area (Å²) < 4.78 is 5.43. The standard InChI is InChI=1S/C15H24N2O2/c1-4-19-14-7-5-6-13(15(14)18)10-17-8-11(2)16-12(3)9-17/h5-7,11-12,16,18H,4,8-10H2,1-3H3. The molecule has 0 amide bonds. The maximum atomic E-state index is 10.2. The Morgan fingerprint density at radius 2 is 2.00 bits per heavy atom. The number of phenols is 1. The summed E-state index contributed by atoms with van der Waals surface area (Å²) >= 11 is 0. The SMILES string of the molecule is CCOc1cccc(CN2CC(C)NC(C)C2)c1O. The number of para-hydroxylation sites is 1. The number of phenolic OH excluding ortho intramolecular Hbond substituents is 1. The third-order valence-corrected chi connectivity index (χ3v) is 3.41. The van der Waals surface area contributed by atoms with Gasteiger partial charge in [-0.15, -0.1) is 0 Å². The van der Waals surface area contributed by atoms with Crippen LogP contribution in [0.2, 0.25) is 0 Å². The highest BCUT2D eigenvalue weighted by atomic mass is 16.5. The smallest absolute Gasteiger partial charge is 0.162 e. The first-order valence-corrected chi connectivity index (χ1v) is 7.02. The van der Waals surface area contributed by atoms with Gasteiger partial charge >= 0.3 is 0 Å². The minimum Gasteiger partial charge on any atom is -0.504 e. The van der Waals surface area contributed by atoms with Gasteiger partial charge in [0, 0.05) is 37.3 Å². The molecule has 0 spiro atoms. The second-order valence-corrected chi connectivity index (χ2v) is 5.36. The Balaban J connectivity index is 2.08. The Morgan fingerprint density at radius 1 is 1.32 bits per heavy atom. The van der Waals surface area contributed by atoms with Crippen molar-refractivity contribution < 1.29 is 9.84 Å². The minimum absolute atomic E-state index is 0.281. The molecule has 0 aliphatic carbocycles. The van der Waals surface area contributed by atoms with Crippen LogP contribution in [-0.4, -0.2) is 41.8 Å². The van der Waals surface area contributed by atoms with Crippen molar-refractivity contribution in [3.05, 3.63) is 23.8 Å². The molecule has 2 unspecified atom stereocenters. The summed E-state index contributed by atoms with van der Waals surface area (Å²) in [5.41, 5.74) is 0.937. The fourth-order valence-electron chi connectivity index (χ4n) is 2.78. The van der Waals surface area contributed by atoms with Crippen molar-refractivity contribution in [2.75, 3.05) is 19.7 Å². The monoisotopic (exact) mass is 264 g/mol. The molecule has 19 heavy (non-hydrogen) atoms. The lowest BCUT2D eigenvalue weighted by Crippen LogP contribution is -2.53. The highest BCUT2D eigenvalue weighted by molar-refractivity contribution is 5.45. The summed E-state index contributed by atoms with van der Waals surface area (Å²) in [5.74, 6) is 0.861. The van der Waals surface area contributed by atoms with Crippen molar-refractivity contribution in [2.45, 2.75) is 39.4 Å². The molecule has 0 saturated carbocycles. The van der Waals surface area contributed by atoms with Crippen molar-refractivity contribution in [1.29, 1.82) is 0 Å². The molecule has 1 fully saturated rings. The van der Waals surface area contributed by atoms with Gasteiger partial charge in [0.25, 0.3) is 0 Å². The predicted molar refractivity (Wildman–Crippen MR) is 76.6 cm³/mol. The lowest BCUT2D eigenvalue weighted by molar-refractivity contribution is 0.165. The normalized spacial score (nSPS) is 24.4. The van der Waals surface area contributed by atoms with Gasteiger partial charge in [0.05, 0.1) is 6.61 Å². The van der Waals surface area contributed by atoms with E-state index in [2.05, 4.69) is 24.1 Å². The summed E-state index contributed by atoms with van der Waals surface area (Å²) in [7, 11) is 0. The molecule has 0 radical (unpaired) electrons. The quantitative estimate of drug-likeness (QED) is 0.873. The average Bonchev–Trinajstić information content (AvgIpc) is 2.33. The van der Waals surface area contributed by atoms with Gasteiger partial charge in [0.1, 0.15) is 0 Å². The van der Waals surface area contributed by atoms with E-state index in [0.717, 1.165) is 25.2 Å². The Morgan fingerprint density at radius 3 is 2.63 bits per heavy atom. The molecule has 1 aliphatic heterocycles. The molecular weight excluding hydrogens is 240 g/mol. The van der Waals surface area contributed by atoms with E-state index in [1.165, 1.54) is 0 Å². The second-order valence-electron chi connectivity index (χ2n) is 5.36. The van der Waals surface area contributed by atoms with Crippen LogP contribution in [0.5, 0.6) is 11.5 Å². The number of hydrogen-bond donors (Lipinski definition) is 2. The molecule has 4 heteroatoms. The molecule has 2 atom stereocenters. The summed E-state index contributed by atoms with van der Waals surface area (Å²) in [4.78, 5) is 2.37. The van der Waals surface area contributed by atoms with Crippen LogP contribution in [0, 0.1) is 0 Å². The lowest BCUT2D eigenvalue weighted by Gasteiger charge is -2.36. The van der Waals surface area contributed by atoms with Crippen molar-refractivity contribution in [3.8, 4) is 11.5 Å². The van der Waals surface area contributed by atoms with Gasteiger partial charge in [0.15, 0.2) is 11.5 Å². The molecular formula is C15H24N2O2. The molecule has 106 valence electrons. The summed E-state index contributed by atoms with van der Waals surface area (Å²) in [5, 5.41) is 13.7. The molecule has 2 rings (SSSR count). The summed E-state index contributed by atoms with van der Waals surface area (Å²) in [6, 6.07) is 6.69. The largest absolute Gasteiger partial charge is 0.504 e. The van der Waals surface area contributed by atoms with Crippen LogP contribution in [-0.2, 0) is 6.54 Å². The van der Waals surface area contributed by atoms with E-state index in [4.69, 9.17) is 4.74 Å². The molecule has 1 aromatic carbocycles. The molecule has 0 aromatic heterocycles. The number of rotatable bonds is 4. The van der Waals surface area contributed by atoms with Crippen LogP contribution in [0.4, 0.5) is 0 Å². The first-order chi connectivity index (χ1) is 9.10. The first kappa shape index (κ1) is 14.2. The van der Waals surface area contributed by atoms with E-state index < -0.39 is 0 Å². The maximum Gasteiger partial charge on any atom is 0.162 e. The number of nitrogens with zero attached hydrogens (tertiary/aromatic N) is 1. The van der Waals surface area contributed by atoms with Crippen molar-refractivity contribution in [1.82, 2.24) is 10.2 Å². The van der Waals surface area contributed by atoms with Crippen molar-refractivity contribution in [3.63, 3.8) is 0 Å². The van der Waals surface area contributed by atoms with Crippen LogP contribution >= 0.6 is 0 Å². The second kappa shape index (κ2) is 6.26. The van der Waals surface area contributed by atoms with Gasteiger partial charge < -0.3 is 15.2 Å². The van der Waals surface area contributed by atoms with E-state index in [1.54, 1.807) is 0 Å². The third kappa shape index (κ3) is 3.61. The van der Waals surface area contributed by atoms with Gasteiger partial charge in [0.2, 0.25) is 0 Å². The van der Waals surface area contributed by atoms with E-state index in [0.29, 0.717) is 24.4 Å². The summed E-state index contributed by atoms with van der Waals surface area (Å²) in [6.07, 6.45) is 0. The predicted octanol–water partition coefficient (Wildman–Crippen LogP) is 1.97. The molecule has 1 aromatic rings. The Hall–Kier alpha value is -1.26. The van der Waals surface area contributed by atoms with Crippen molar-refractivity contribution in [2.24, 2.45) is 0 Å². The lowest BCUT2D eigenvalue weighted by atomic mass is 10.1. The number of hydrogen-bond acceptors (Lipinski definition) is 4. The minimum atomic E-state index is 0.281. The highest BCUT2D eigenvalue weighted by Gasteiger charge is 2.22. The molecule has 1 aliphatic rings. The van der Waals surface area contributed by atoms with E-state index in [9.17, 15) is 5.11 Å². The van der Waals surface area contributed by atoms with Crippen LogP contribution in [0.1, 0.15) is 26.3 Å². The number of aromatic hydroxyl groups is 1. The van der Waals surface area contributed by atoms with Gasteiger partial charge in [-0.3, -0.25) is 4.90 Å². The van der Waals surface area contributed by atoms with Gasteiger partial charge in [-0.1, -0.05) is 12.1 Å². The number of benzene rings is 1. The maximum absolute atomic E-state index is 10.2. The highest BCUT2D eigenvalue weighted by Crippen LogP contribution is 2.30. The van der Waals surface area contributed by atoms with E-state index >= 15 is 0 Å². The molecule has 1 heterocycles. The van der Waals surface area contributed by atoms with Gasteiger partial charge in [-0.2, -0.15) is 0 Å². The Kier molecular flexibility index (Phi) is 4.66. The number of nitrogens with one attached hydrogen (secondary N) is 1. The van der Waals surface area contributed by atoms with Gasteiger partial charge in [-0.25, -0.2) is 0 Å². The van der Waals surface area contributed by atoms with Crippen LogP contribution < -0.4 is 10.1 Å². The molecule has 2 N–H and O–H groups in total. The number of ether oxygens (including phenoxy) is 1. The number of piperazine rings is 1. The molecule has 1 saturated heterocycles. The van der Waals surface area contributed by atoms with Crippen LogP contribution in [0.3, 0.4) is 0 Å². The zero-order chi connectivity index (χ0) is 13.8. The molecule has 0 bridgehead atoms. The summed E-state index contributed by atoms with van der Waals surface area (Å²) in [6.45, 7) is 9.65.